The van der Waals surface area contributed by atoms with E-state index in [0.29, 0.717) is 46.9 Å². The van der Waals surface area contributed by atoms with Crippen molar-refractivity contribution < 1.29 is 29.0 Å². The van der Waals surface area contributed by atoms with E-state index >= 15 is 0 Å². The lowest BCUT2D eigenvalue weighted by Crippen LogP contribution is -2.33. The van der Waals surface area contributed by atoms with Gasteiger partial charge in [0, 0.05) is 0 Å². The number of hydrogen-bond donors (Lipinski definition) is 1. The molecule has 0 radical (unpaired) electrons. The Hall–Kier alpha value is -2.97. The van der Waals surface area contributed by atoms with Crippen LogP contribution in [0.25, 0.3) is 6.08 Å². The van der Waals surface area contributed by atoms with Gasteiger partial charge in [-0.25, -0.2) is 0 Å². The predicted octanol–water partition coefficient (Wildman–Crippen LogP) is 4.44. The van der Waals surface area contributed by atoms with E-state index in [1.54, 1.807) is 12.1 Å². The van der Waals surface area contributed by atoms with E-state index in [0.717, 1.165) is 5.56 Å². The first-order valence-electron chi connectivity index (χ1n) is 8.99. The molecule has 0 bridgehead atoms. The standard InChI is InChI=1S/C21H18ClNO6S/c1-2-28-16-9-14(10-17-20(26)23(11-18(24)25)21(27)30-17)8-15(22)19(16)29-12-13-6-4-3-5-7-13/h3-10H,2,11-12H2,1H3,(H,24,25)/b17-10+. The average Bonchev–Trinajstić information content (AvgIpc) is 2.95. The van der Waals surface area contributed by atoms with Gasteiger partial charge < -0.3 is 14.6 Å². The van der Waals surface area contributed by atoms with Crippen LogP contribution in [0.1, 0.15) is 18.1 Å². The van der Waals surface area contributed by atoms with Crippen molar-refractivity contribution in [3.8, 4) is 11.5 Å². The lowest BCUT2D eigenvalue weighted by Gasteiger charge is -2.15. The fraction of sp³-hybridized carbons (Fsp3) is 0.190. The number of carboxylic acid groups (broad SMARTS) is 1. The van der Waals surface area contributed by atoms with Crippen molar-refractivity contribution in [1.82, 2.24) is 4.90 Å². The Labute approximate surface area is 182 Å². The normalized spacial score (nSPS) is 15.0. The van der Waals surface area contributed by atoms with E-state index < -0.39 is 23.7 Å². The molecule has 30 heavy (non-hydrogen) atoms. The lowest BCUT2D eigenvalue weighted by atomic mass is 10.1. The quantitative estimate of drug-likeness (QED) is 0.598. The summed E-state index contributed by atoms with van der Waals surface area (Å²) in [5, 5.41) is 8.51. The zero-order chi connectivity index (χ0) is 21.7. The van der Waals surface area contributed by atoms with Gasteiger partial charge >= 0.3 is 5.97 Å². The summed E-state index contributed by atoms with van der Waals surface area (Å²) in [5.74, 6) is -1.15. The molecule has 1 fully saturated rings. The molecule has 0 spiro atoms. The number of hydrogen-bond acceptors (Lipinski definition) is 6. The monoisotopic (exact) mass is 447 g/mol. The molecule has 3 rings (SSSR count). The minimum atomic E-state index is -1.26. The molecule has 7 nitrogen and oxygen atoms in total. The molecule has 1 aliphatic rings. The molecule has 1 N–H and O–H groups in total. The zero-order valence-electron chi connectivity index (χ0n) is 16.0. The summed E-state index contributed by atoms with van der Waals surface area (Å²) in [6.45, 7) is 1.81. The second-order valence-corrected chi connectivity index (χ2v) is 7.60. The van der Waals surface area contributed by atoms with Crippen LogP contribution in [0.3, 0.4) is 0 Å². The van der Waals surface area contributed by atoms with Crippen LogP contribution in [-0.2, 0) is 16.2 Å². The Kier molecular flexibility index (Phi) is 7.02. The topological polar surface area (TPSA) is 93.1 Å². The number of ether oxygens (including phenoxy) is 2. The molecule has 0 unspecified atom stereocenters. The van der Waals surface area contributed by atoms with E-state index in [-0.39, 0.29) is 9.93 Å². The predicted molar refractivity (Wildman–Crippen MR) is 114 cm³/mol. The largest absolute Gasteiger partial charge is 0.490 e. The van der Waals surface area contributed by atoms with E-state index in [1.807, 2.05) is 37.3 Å². The number of carboxylic acids is 1. The zero-order valence-corrected chi connectivity index (χ0v) is 17.5. The van der Waals surface area contributed by atoms with Crippen LogP contribution in [0, 0.1) is 0 Å². The van der Waals surface area contributed by atoms with Crippen LogP contribution < -0.4 is 9.47 Å². The van der Waals surface area contributed by atoms with Crippen molar-refractivity contribution in [2.24, 2.45) is 0 Å². The molecule has 1 aliphatic heterocycles. The molecule has 2 aromatic carbocycles. The van der Waals surface area contributed by atoms with Gasteiger partial charge in [-0.3, -0.25) is 19.3 Å². The SMILES string of the molecule is CCOc1cc(/C=C2/SC(=O)N(CC(=O)O)C2=O)cc(Cl)c1OCc1ccccc1. The van der Waals surface area contributed by atoms with Crippen molar-refractivity contribution >= 4 is 46.6 Å². The highest BCUT2D eigenvalue weighted by Crippen LogP contribution is 2.39. The Balaban J connectivity index is 1.86. The Morgan fingerprint density at radius 1 is 1.20 bits per heavy atom. The first-order chi connectivity index (χ1) is 14.4. The Morgan fingerprint density at radius 2 is 1.93 bits per heavy atom. The first kappa shape index (κ1) is 21.7. The fourth-order valence-corrected chi connectivity index (χ4v) is 3.84. The van der Waals surface area contributed by atoms with Gasteiger partial charge in [-0.05, 0) is 48.0 Å². The van der Waals surface area contributed by atoms with Crippen LogP contribution in [0.15, 0.2) is 47.4 Å². The second kappa shape index (κ2) is 9.69. The number of carbonyl (C=O) groups is 3. The molecular formula is C21H18ClNO6S. The number of benzene rings is 2. The Bertz CT molecular complexity index is 1010. The van der Waals surface area contributed by atoms with Crippen LogP contribution >= 0.6 is 23.4 Å². The van der Waals surface area contributed by atoms with Gasteiger partial charge in [0.25, 0.3) is 11.1 Å². The summed E-state index contributed by atoms with van der Waals surface area (Å²) in [4.78, 5) is 35.9. The summed E-state index contributed by atoms with van der Waals surface area (Å²) in [7, 11) is 0. The lowest BCUT2D eigenvalue weighted by molar-refractivity contribution is -0.140. The van der Waals surface area contributed by atoms with Crippen molar-refractivity contribution in [1.29, 1.82) is 0 Å². The maximum Gasteiger partial charge on any atom is 0.323 e. The molecule has 2 aromatic rings. The van der Waals surface area contributed by atoms with Gasteiger partial charge in [0.15, 0.2) is 11.5 Å². The number of carbonyl (C=O) groups excluding carboxylic acids is 2. The maximum atomic E-state index is 12.3. The van der Waals surface area contributed by atoms with Gasteiger partial charge in [-0.2, -0.15) is 0 Å². The van der Waals surface area contributed by atoms with Crippen LogP contribution in [0.5, 0.6) is 11.5 Å². The summed E-state index contributed by atoms with van der Waals surface area (Å²) in [6, 6.07) is 12.8. The second-order valence-electron chi connectivity index (χ2n) is 6.20. The molecule has 9 heteroatoms. The van der Waals surface area contributed by atoms with E-state index in [2.05, 4.69) is 0 Å². The minimum Gasteiger partial charge on any atom is -0.490 e. The molecule has 0 atom stereocenters. The Morgan fingerprint density at radius 3 is 2.60 bits per heavy atom. The smallest absolute Gasteiger partial charge is 0.323 e. The molecule has 0 aromatic heterocycles. The van der Waals surface area contributed by atoms with Crippen molar-refractivity contribution in [3.05, 3.63) is 63.5 Å². The maximum absolute atomic E-state index is 12.3. The number of imide groups is 1. The first-order valence-corrected chi connectivity index (χ1v) is 10.2. The van der Waals surface area contributed by atoms with Crippen LogP contribution in [0.2, 0.25) is 5.02 Å². The van der Waals surface area contributed by atoms with Gasteiger partial charge in [-0.1, -0.05) is 41.9 Å². The molecule has 0 saturated carbocycles. The highest BCUT2D eigenvalue weighted by Gasteiger charge is 2.36. The van der Waals surface area contributed by atoms with Crippen LogP contribution in [-0.4, -0.2) is 40.3 Å². The average molecular weight is 448 g/mol. The van der Waals surface area contributed by atoms with E-state index in [9.17, 15) is 14.4 Å². The number of aliphatic carboxylic acids is 1. The van der Waals surface area contributed by atoms with E-state index in [1.165, 1.54) is 6.08 Å². The third-order valence-corrected chi connectivity index (χ3v) is 5.21. The molecule has 1 saturated heterocycles. The number of thioether (sulfide) groups is 1. The molecule has 2 amide bonds. The third kappa shape index (κ3) is 5.14. The minimum absolute atomic E-state index is 0.109. The summed E-state index contributed by atoms with van der Waals surface area (Å²) >= 11 is 7.08. The molecule has 0 aliphatic carbocycles. The van der Waals surface area contributed by atoms with Crippen molar-refractivity contribution in [2.45, 2.75) is 13.5 Å². The summed E-state index contributed by atoms with van der Waals surface area (Å²) in [5.41, 5.74) is 1.49. The van der Waals surface area contributed by atoms with Gasteiger partial charge in [-0.15, -0.1) is 0 Å². The molecule has 1 heterocycles. The van der Waals surface area contributed by atoms with Gasteiger partial charge in [0.1, 0.15) is 13.2 Å². The highest BCUT2D eigenvalue weighted by molar-refractivity contribution is 8.18. The third-order valence-electron chi connectivity index (χ3n) is 4.02. The van der Waals surface area contributed by atoms with Crippen molar-refractivity contribution in [2.75, 3.05) is 13.2 Å². The van der Waals surface area contributed by atoms with Crippen LogP contribution in [0.4, 0.5) is 4.79 Å². The highest BCUT2D eigenvalue weighted by atomic mass is 35.5. The van der Waals surface area contributed by atoms with Crippen molar-refractivity contribution in [3.63, 3.8) is 0 Å². The molecular weight excluding hydrogens is 430 g/mol. The summed E-state index contributed by atoms with van der Waals surface area (Å²) in [6.07, 6.45) is 1.47. The number of nitrogens with zero attached hydrogens (tertiary/aromatic N) is 1. The number of amides is 2. The molecule has 156 valence electrons. The number of rotatable bonds is 8. The fourth-order valence-electron chi connectivity index (χ4n) is 2.73. The van der Waals surface area contributed by atoms with Gasteiger partial charge in [0.05, 0.1) is 16.5 Å². The van der Waals surface area contributed by atoms with E-state index in [4.69, 9.17) is 26.2 Å². The summed E-state index contributed by atoms with van der Waals surface area (Å²) < 4.78 is 11.5. The van der Waals surface area contributed by atoms with Gasteiger partial charge in [0.2, 0.25) is 0 Å². The number of halogens is 1.